The largest absolute Gasteiger partial charge is 0.391 e. The zero-order valence-corrected chi connectivity index (χ0v) is 16.1. The van der Waals surface area contributed by atoms with Crippen LogP contribution in [0.1, 0.15) is 32.2 Å². The summed E-state index contributed by atoms with van der Waals surface area (Å²) < 4.78 is 16.7. The highest BCUT2D eigenvalue weighted by Crippen LogP contribution is 2.39. The molecule has 29 heavy (non-hydrogen) atoms. The minimum atomic E-state index is -0.513. The van der Waals surface area contributed by atoms with Crippen LogP contribution >= 0.6 is 0 Å². The molecule has 4 aromatic rings. The first kappa shape index (κ1) is 18.0. The Balaban J connectivity index is 1.76. The van der Waals surface area contributed by atoms with Crippen molar-refractivity contribution in [3.8, 4) is 22.8 Å². The van der Waals surface area contributed by atoms with E-state index in [4.69, 9.17) is 4.98 Å². The molecule has 3 atom stereocenters. The zero-order valence-electron chi connectivity index (χ0n) is 16.1. The van der Waals surface area contributed by atoms with Gasteiger partial charge in [0, 0.05) is 5.56 Å². The van der Waals surface area contributed by atoms with Gasteiger partial charge in [-0.15, -0.1) is 0 Å². The highest BCUT2D eigenvalue weighted by molar-refractivity contribution is 5.85. The summed E-state index contributed by atoms with van der Waals surface area (Å²) in [6, 6.07) is 12.3. The van der Waals surface area contributed by atoms with Gasteiger partial charge >= 0.3 is 0 Å². The van der Waals surface area contributed by atoms with Gasteiger partial charge in [0.1, 0.15) is 18.0 Å². The smallest absolute Gasteiger partial charge is 0.155 e. The summed E-state index contributed by atoms with van der Waals surface area (Å²) in [5.74, 6) is 1.06. The maximum absolute atomic E-state index is 14.7. The first-order chi connectivity index (χ1) is 14.1. The number of benzene rings is 2. The number of hydrogen-bond donors (Lipinski definition) is 2. The molecule has 2 aromatic heterocycles. The lowest BCUT2D eigenvalue weighted by Gasteiger charge is -2.35. The van der Waals surface area contributed by atoms with Crippen LogP contribution in [0.3, 0.4) is 0 Å². The quantitative estimate of drug-likeness (QED) is 0.544. The molecule has 1 aliphatic carbocycles. The molecule has 0 amide bonds. The number of aliphatic hydroxyl groups is 1. The van der Waals surface area contributed by atoms with Crippen molar-refractivity contribution < 1.29 is 9.50 Å². The Morgan fingerprint density at radius 3 is 2.83 bits per heavy atom. The molecule has 1 aliphatic rings. The Kier molecular flexibility index (Phi) is 4.39. The van der Waals surface area contributed by atoms with Crippen LogP contribution in [0.5, 0.6) is 0 Å². The van der Waals surface area contributed by atoms with Gasteiger partial charge in [0.25, 0.3) is 0 Å². The summed E-state index contributed by atoms with van der Waals surface area (Å²) in [7, 11) is 0. The van der Waals surface area contributed by atoms with Gasteiger partial charge in [0.2, 0.25) is 0 Å². The van der Waals surface area contributed by atoms with Crippen LogP contribution in [0.15, 0.2) is 48.8 Å². The summed E-state index contributed by atoms with van der Waals surface area (Å²) in [4.78, 5) is 9.00. The van der Waals surface area contributed by atoms with E-state index in [0.717, 1.165) is 35.9 Å². The fourth-order valence-electron chi connectivity index (χ4n) is 4.40. The summed E-state index contributed by atoms with van der Waals surface area (Å²) in [5.41, 5.74) is 2.93. The van der Waals surface area contributed by atoms with E-state index in [1.807, 2.05) is 28.8 Å². The first-order valence-electron chi connectivity index (χ1n) is 9.94. The number of aliphatic hydroxyl groups excluding tert-OH is 1. The van der Waals surface area contributed by atoms with Gasteiger partial charge in [-0.1, -0.05) is 25.5 Å². The van der Waals surface area contributed by atoms with Crippen molar-refractivity contribution in [3.05, 3.63) is 54.6 Å². The molecule has 2 N–H and O–H groups in total. The summed E-state index contributed by atoms with van der Waals surface area (Å²) in [5, 5.41) is 17.8. The van der Waals surface area contributed by atoms with Crippen molar-refractivity contribution >= 4 is 11.0 Å². The minimum Gasteiger partial charge on any atom is -0.391 e. The van der Waals surface area contributed by atoms with E-state index in [2.05, 4.69) is 22.1 Å². The zero-order chi connectivity index (χ0) is 20.0. The lowest BCUT2D eigenvalue weighted by Crippen LogP contribution is -2.34. The summed E-state index contributed by atoms with van der Waals surface area (Å²) in [6.07, 6.45) is 3.78. The third kappa shape index (κ3) is 3.02. The molecule has 0 bridgehead atoms. The van der Waals surface area contributed by atoms with Crippen molar-refractivity contribution in [1.82, 2.24) is 24.7 Å². The lowest BCUT2D eigenvalue weighted by molar-refractivity contribution is 0.0332. The van der Waals surface area contributed by atoms with Gasteiger partial charge in [0.15, 0.2) is 5.82 Å². The summed E-state index contributed by atoms with van der Waals surface area (Å²) >= 11 is 0. The van der Waals surface area contributed by atoms with Crippen LogP contribution in [0.25, 0.3) is 33.8 Å². The average Bonchev–Trinajstić information content (AvgIpc) is 3.38. The number of halogens is 1. The van der Waals surface area contributed by atoms with Crippen LogP contribution in [-0.2, 0) is 0 Å². The predicted molar refractivity (Wildman–Crippen MR) is 109 cm³/mol. The maximum atomic E-state index is 14.7. The molecule has 5 rings (SSSR count). The molecule has 1 saturated carbocycles. The number of rotatable bonds is 3. The third-order valence-corrected chi connectivity index (χ3v) is 5.96. The highest BCUT2D eigenvalue weighted by Gasteiger charge is 2.33. The fourth-order valence-corrected chi connectivity index (χ4v) is 4.40. The maximum Gasteiger partial charge on any atom is 0.155 e. The fraction of sp³-hybridized carbons (Fsp3) is 0.318. The number of hydrogen-bond acceptors (Lipinski definition) is 4. The van der Waals surface area contributed by atoms with E-state index < -0.39 is 6.10 Å². The second kappa shape index (κ2) is 7.08. The van der Waals surface area contributed by atoms with Gasteiger partial charge < -0.3 is 9.67 Å². The van der Waals surface area contributed by atoms with Crippen molar-refractivity contribution in [2.24, 2.45) is 5.92 Å². The molecule has 2 heterocycles. The topological polar surface area (TPSA) is 79.6 Å². The molecule has 0 saturated heterocycles. The van der Waals surface area contributed by atoms with E-state index in [0.29, 0.717) is 17.2 Å². The van der Waals surface area contributed by atoms with Crippen molar-refractivity contribution in [2.45, 2.75) is 38.3 Å². The number of aromatic nitrogens is 5. The Morgan fingerprint density at radius 2 is 2.03 bits per heavy atom. The molecule has 148 valence electrons. The van der Waals surface area contributed by atoms with Crippen molar-refractivity contribution in [2.75, 3.05) is 0 Å². The van der Waals surface area contributed by atoms with Gasteiger partial charge in [0.05, 0.1) is 28.7 Å². The second-order valence-corrected chi connectivity index (χ2v) is 7.79. The molecule has 6 nitrogen and oxygen atoms in total. The van der Waals surface area contributed by atoms with Gasteiger partial charge in [-0.25, -0.2) is 14.4 Å². The van der Waals surface area contributed by atoms with Gasteiger partial charge in [-0.2, -0.15) is 5.10 Å². The molecule has 0 aliphatic heterocycles. The molecule has 0 radical (unpaired) electrons. The Morgan fingerprint density at radius 1 is 1.17 bits per heavy atom. The molecule has 2 aromatic carbocycles. The summed E-state index contributed by atoms with van der Waals surface area (Å²) in [6.45, 7) is 2.07. The Labute approximate surface area is 167 Å². The molecule has 1 unspecified atom stereocenters. The van der Waals surface area contributed by atoms with E-state index in [-0.39, 0.29) is 17.8 Å². The van der Waals surface area contributed by atoms with Crippen LogP contribution in [0.4, 0.5) is 4.39 Å². The SMILES string of the molecule is CC1CCC[C@@H](n2c(-c3ccccc3F)nc3ccc(-c4ncn[nH]4)cc32)[C@@H]1O. The lowest BCUT2D eigenvalue weighted by atomic mass is 9.84. The van der Waals surface area contributed by atoms with Crippen LogP contribution in [-0.4, -0.2) is 35.9 Å². The van der Waals surface area contributed by atoms with Crippen molar-refractivity contribution in [1.29, 1.82) is 0 Å². The number of H-pyrrole nitrogens is 1. The van der Waals surface area contributed by atoms with Crippen LogP contribution in [0.2, 0.25) is 0 Å². The van der Waals surface area contributed by atoms with Crippen molar-refractivity contribution in [3.63, 3.8) is 0 Å². The van der Waals surface area contributed by atoms with Gasteiger partial charge in [-0.3, -0.25) is 5.10 Å². The van der Waals surface area contributed by atoms with E-state index >= 15 is 0 Å². The van der Waals surface area contributed by atoms with Crippen LogP contribution < -0.4 is 0 Å². The third-order valence-electron chi connectivity index (χ3n) is 5.96. The monoisotopic (exact) mass is 391 g/mol. The average molecular weight is 391 g/mol. The number of nitrogens with one attached hydrogen (secondary N) is 1. The van der Waals surface area contributed by atoms with Gasteiger partial charge in [-0.05, 0) is 49.1 Å². The molecule has 1 fully saturated rings. The second-order valence-electron chi connectivity index (χ2n) is 7.79. The normalized spacial score (nSPS) is 22.2. The highest BCUT2D eigenvalue weighted by atomic mass is 19.1. The number of nitrogens with zero attached hydrogens (tertiary/aromatic N) is 4. The molecule has 0 spiro atoms. The van der Waals surface area contributed by atoms with E-state index in [9.17, 15) is 9.50 Å². The molecule has 7 heteroatoms. The Hall–Kier alpha value is -3.06. The molecular formula is C22H22FN5O. The van der Waals surface area contributed by atoms with E-state index in [1.54, 1.807) is 12.1 Å². The van der Waals surface area contributed by atoms with Crippen LogP contribution in [0, 0.1) is 11.7 Å². The standard InChI is InChI=1S/C22H22FN5O/c1-13-5-4-8-18(20(13)29)28-19-11-14(21-24-12-25-27-21)9-10-17(19)26-22(28)15-6-2-3-7-16(15)23/h2-3,6-7,9-13,18,20,29H,4-5,8H2,1H3,(H,24,25,27)/t13?,18-,20-/m1/s1. The Bertz CT molecular complexity index is 1150. The molecular weight excluding hydrogens is 369 g/mol. The number of aromatic amines is 1. The minimum absolute atomic E-state index is 0.164. The first-order valence-corrected chi connectivity index (χ1v) is 9.94. The number of imidazole rings is 1. The predicted octanol–water partition coefficient (Wildman–Crippen LogP) is 4.35. The number of fused-ring (bicyclic) bond motifs is 1. The van der Waals surface area contributed by atoms with E-state index in [1.165, 1.54) is 12.4 Å².